The average molecular weight is 244 g/mol. The van der Waals surface area contributed by atoms with Crippen LogP contribution in [0.15, 0.2) is 42.5 Å². The molecule has 0 unspecified atom stereocenters. The molecule has 0 fully saturated rings. The third kappa shape index (κ3) is 2.25. The Bertz CT molecular complexity index is 591. The van der Waals surface area contributed by atoms with Crippen LogP contribution in [0.1, 0.15) is 22.8 Å². The first-order valence-corrected chi connectivity index (χ1v) is 5.74. The van der Waals surface area contributed by atoms with Crippen molar-refractivity contribution in [1.29, 1.82) is 0 Å². The number of aryl methyl sites for hydroxylation is 1. The molecule has 18 heavy (non-hydrogen) atoms. The van der Waals surface area contributed by atoms with Crippen LogP contribution in [-0.4, -0.2) is 11.1 Å². The molecule has 2 aromatic carbocycles. The SMILES string of the molecule is CCc1cccc(-c2cccc(F)c2C(=O)O)c1. The maximum Gasteiger partial charge on any atom is 0.339 e. The van der Waals surface area contributed by atoms with Crippen molar-refractivity contribution in [3.8, 4) is 11.1 Å². The zero-order valence-corrected chi connectivity index (χ0v) is 9.98. The molecule has 0 amide bonds. The second-order valence-electron chi connectivity index (χ2n) is 4.02. The van der Waals surface area contributed by atoms with Gasteiger partial charge in [0.15, 0.2) is 0 Å². The van der Waals surface area contributed by atoms with Crippen molar-refractivity contribution >= 4 is 5.97 Å². The number of halogens is 1. The first-order valence-electron chi connectivity index (χ1n) is 5.74. The molecule has 2 aromatic rings. The molecule has 0 aliphatic rings. The van der Waals surface area contributed by atoms with Crippen LogP contribution in [0.4, 0.5) is 4.39 Å². The minimum absolute atomic E-state index is 0.272. The highest BCUT2D eigenvalue weighted by Gasteiger charge is 2.16. The lowest BCUT2D eigenvalue weighted by atomic mass is 9.97. The van der Waals surface area contributed by atoms with Crippen LogP contribution in [0, 0.1) is 5.82 Å². The smallest absolute Gasteiger partial charge is 0.339 e. The van der Waals surface area contributed by atoms with E-state index in [2.05, 4.69) is 0 Å². The molecule has 92 valence electrons. The first-order chi connectivity index (χ1) is 8.63. The Morgan fingerprint density at radius 3 is 2.61 bits per heavy atom. The third-order valence-electron chi connectivity index (χ3n) is 2.87. The van der Waals surface area contributed by atoms with Crippen LogP contribution >= 0.6 is 0 Å². The second-order valence-corrected chi connectivity index (χ2v) is 4.02. The monoisotopic (exact) mass is 244 g/mol. The number of benzene rings is 2. The van der Waals surface area contributed by atoms with E-state index in [1.165, 1.54) is 6.07 Å². The van der Waals surface area contributed by atoms with E-state index in [9.17, 15) is 9.18 Å². The normalized spacial score (nSPS) is 10.3. The summed E-state index contributed by atoms with van der Waals surface area (Å²) >= 11 is 0. The lowest BCUT2D eigenvalue weighted by Crippen LogP contribution is -2.03. The lowest BCUT2D eigenvalue weighted by Gasteiger charge is -2.08. The van der Waals surface area contributed by atoms with Gasteiger partial charge in [-0.05, 0) is 29.2 Å². The largest absolute Gasteiger partial charge is 0.478 e. The van der Waals surface area contributed by atoms with Crippen LogP contribution in [0.5, 0.6) is 0 Å². The van der Waals surface area contributed by atoms with Gasteiger partial charge in [0.2, 0.25) is 0 Å². The molecule has 0 radical (unpaired) electrons. The van der Waals surface area contributed by atoms with Crippen molar-refractivity contribution in [3.63, 3.8) is 0 Å². The maximum absolute atomic E-state index is 13.6. The second kappa shape index (κ2) is 5.00. The Morgan fingerprint density at radius 1 is 1.22 bits per heavy atom. The summed E-state index contributed by atoms with van der Waals surface area (Å²) in [4.78, 5) is 11.1. The van der Waals surface area contributed by atoms with Crippen molar-refractivity contribution < 1.29 is 14.3 Å². The van der Waals surface area contributed by atoms with E-state index >= 15 is 0 Å². The number of hydrogen-bond donors (Lipinski definition) is 1. The van der Waals surface area contributed by atoms with E-state index in [0.29, 0.717) is 5.56 Å². The highest BCUT2D eigenvalue weighted by molar-refractivity contribution is 5.96. The maximum atomic E-state index is 13.6. The summed E-state index contributed by atoms with van der Waals surface area (Å²) in [6, 6.07) is 11.8. The zero-order valence-electron chi connectivity index (χ0n) is 9.98. The van der Waals surface area contributed by atoms with Gasteiger partial charge < -0.3 is 5.11 Å². The van der Waals surface area contributed by atoms with Crippen LogP contribution < -0.4 is 0 Å². The Morgan fingerprint density at radius 2 is 1.94 bits per heavy atom. The molecule has 2 nitrogen and oxygen atoms in total. The third-order valence-corrected chi connectivity index (χ3v) is 2.87. The predicted molar refractivity (Wildman–Crippen MR) is 68.2 cm³/mol. The van der Waals surface area contributed by atoms with Gasteiger partial charge in [0, 0.05) is 0 Å². The Hall–Kier alpha value is -2.16. The number of rotatable bonds is 3. The lowest BCUT2D eigenvalue weighted by molar-refractivity contribution is 0.0693. The molecule has 0 spiro atoms. The van der Waals surface area contributed by atoms with Crippen molar-refractivity contribution in [2.75, 3.05) is 0 Å². The summed E-state index contributed by atoms with van der Waals surface area (Å²) in [5.74, 6) is -1.95. The molecule has 2 rings (SSSR count). The highest BCUT2D eigenvalue weighted by Crippen LogP contribution is 2.26. The van der Waals surface area contributed by atoms with Crippen molar-refractivity contribution in [3.05, 3.63) is 59.4 Å². The molecule has 1 N–H and O–H groups in total. The summed E-state index contributed by atoms with van der Waals surface area (Å²) in [6.45, 7) is 2.02. The molecule has 0 saturated carbocycles. The van der Waals surface area contributed by atoms with Crippen LogP contribution in [0.25, 0.3) is 11.1 Å². The minimum Gasteiger partial charge on any atom is -0.478 e. The fraction of sp³-hybridized carbons (Fsp3) is 0.133. The van der Waals surface area contributed by atoms with E-state index in [1.54, 1.807) is 12.1 Å². The average Bonchev–Trinajstić information content (AvgIpc) is 2.38. The van der Waals surface area contributed by atoms with E-state index in [0.717, 1.165) is 23.6 Å². The predicted octanol–water partition coefficient (Wildman–Crippen LogP) is 3.75. The quantitative estimate of drug-likeness (QED) is 0.892. The van der Waals surface area contributed by atoms with Gasteiger partial charge in [-0.15, -0.1) is 0 Å². The summed E-state index contributed by atoms with van der Waals surface area (Å²) in [7, 11) is 0. The fourth-order valence-electron chi connectivity index (χ4n) is 1.94. The van der Waals surface area contributed by atoms with Gasteiger partial charge >= 0.3 is 5.97 Å². The molecule has 0 bridgehead atoms. The van der Waals surface area contributed by atoms with Gasteiger partial charge in [-0.3, -0.25) is 0 Å². The molecule has 0 aliphatic heterocycles. The highest BCUT2D eigenvalue weighted by atomic mass is 19.1. The van der Waals surface area contributed by atoms with E-state index in [-0.39, 0.29) is 5.56 Å². The number of carbonyl (C=O) groups is 1. The summed E-state index contributed by atoms with van der Waals surface area (Å²) < 4.78 is 13.6. The Labute approximate surface area is 105 Å². The van der Waals surface area contributed by atoms with Crippen LogP contribution in [0.3, 0.4) is 0 Å². The van der Waals surface area contributed by atoms with E-state index < -0.39 is 11.8 Å². The summed E-state index contributed by atoms with van der Waals surface area (Å²) in [5.41, 5.74) is 1.96. The number of carboxylic acid groups (broad SMARTS) is 1. The minimum atomic E-state index is -1.25. The van der Waals surface area contributed by atoms with Crippen molar-refractivity contribution in [2.45, 2.75) is 13.3 Å². The topological polar surface area (TPSA) is 37.3 Å². The molecule has 0 atom stereocenters. The molecule has 3 heteroatoms. The zero-order chi connectivity index (χ0) is 13.1. The number of hydrogen-bond acceptors (Lipinski definition) is 1. The van der Waals surface area contributed by atoms with Gasteiger partial charge in [-0.1, -0.05) is 43.3 Å². The molecule has 0 aliphatic carbocycles. The molecule has 0 saturated heterocycles. The Balaban J connectivity index is 2.63. The summed E-state index contributed by atoms with van der Waals surface area (Å²) in [6.07, 6.45) is 0.853. The van der Waals surface area contributed by atoms with Crippen LogP contribution in [0.2, 0.25) is 0 Å². The fourth-order valence-corrected chi connectivity index (χ4v) is 1.94. The Kier molecular flexibility index (Phi) is 3.42. The molecule has 0 aromatic heterocycles. The molecule has 0 heterocycles. The number of carboxylic acids is 1. The molecular formula is C15H13FO2. The van der Waals surface area contributed by atoms with Crippen LogP contribution in [-0.2, 0) is 6.42 Å². The van der Waals surface area contributed by atoms with E-state index in [4.69, 9.17) is 5.11 Å². The van der Waals surface area contributed by atoms with Gasteiger partial charge in [0.25, 0.3) is 0 Å². The van der Waals surface area contributed by atoms with Gasteiger partial charge in [-0.2, -0.15) is 0 Å². The van der Waals surface area contributed by atoms with Gasteiger partial charge in [0.05, 0.1) is 0 Å². The summed E-state index contributed by atoms with van der Waals surface area (Å²) in [5, 5.41) is 9.09. The van der Waals surface area contributed by atoms with Crippen molar-refractivity contribution in [2.24, 2.45) is 0 Å². The van der Waals surface area contributed by atoms with Gasteiger partial charge in [0.1, 0.15) is 11.4 Å². The van der Waals surface area contributed by atoms with Crippen molar-refractivity contribution in [1.82, 2.24) is 0 Å². The number of aromatic carboxylic acids is 1. The van der Waals surface area contributed by atoms with Gasteiger partial charge in [-0.25, -0.2) is 9.18 Å². The molecular weight excluding hydrogens is 231 g/mol. The van der Waals surface area contributed by atoms with E-state index in [1.807, 2.05) is 25.1 Å². The first kappa shape index (κ1) is 12.3. The standard InChI is InChI=1S/C15H13FO2/c1-2-10-5-3-6-11(9-10)12-7-4-8-13(16)14(12)15(17)18/h3-9H,2H2,1H3,(H,17,18).